The van der Waals surface area contributed by atoms with Gasteiger partial charge in [0, 0.05) is 28.9 Å². The summed E-state index contributed by atoms with van der Waals surface area (Å²) in [5.41, 5.74) is 8.20. The summed E-state index contributed by atoms with van der Waals surface area (Å²) in [5.74, 6) is -0.501. The molecule has 0 bridgehead atoms. The van der Waals surface area contributed by atoms with Gasteiger partial charge in [-0.2, -0.15) is 0 Å². The highest BCUT2D eigenvalue weighted by molar-refractivity contribution is 7.14. The molecular formula is C36H36F3N3O3S. The fourth-order valence-electron chi connectivity index (χ4n) is 5.98. The van der Waals surface area contributed by atoms with E-state index in [1.807, 2.05) is 5.38 Å². The predicted octanol–water partition coefficient (Wildman–Crippen LogP) is 9.66. The summed E-state index contributed by atoms with van der Waals surface area (Å²) in [4.78, 5) is 18.1. The molecule has 3 aromatic carbocycles. The molecule has 1 heterocycles. The SMILES string of the molecule is O=C(O)CCNC(=C1CC1)c1ccc(CN(c2ccc(C3CCCCC3)cc2)c2nc(-c3ccc(OC(F)(F)F)cc3)cs2)cc1. The number of anilines is 2. The molecule has 1 aromatic heterocycles. The number of rotatable bonds is 12. The van der Waals surface area contributed by atoms with Crippen molar-refractivity contribution in [2.24, 2.45) is 0 Å². The Morgan fingerprint density at radius 1 is 0.957 bits per heavy atom. The summed E-state index contributed by atoms with van der Waals surface area (Å²) in [7, 11) is 0. The number of hydrogen-bond donors (Lipinski definition) is 2. The Labute approximate surface area is 270 Å². The Morgan fingerprint density at radius 2 is 1.65 bits per heavy atom. The first-order chi connectivity index (χ1) is 22.2. The molecule has 2 aliphatic rings. The van der Waals surface area contributed by atoms with E-state index in [4.69, 9.17) is 10.1 Å². The van der Waals surface area contributed by atoms with Gasteiger partial charge >= 0.3 is 12.3 Å². The monoisotopic (exact) mass is 647 g/mol. The van der Waals surface area contributed by atoms with Crippen LogP contribution in [0.15, 0.2) is 83.7 Å². The molecule has 0 radical (unpaired) electrons. The number of ether oxygens (including phenoxy) is 1. The molecule has 0 amide bonds. The van der Waals surface area contributed by atoms with Crippen molar-refractivity contribution >= 4 is 33.8 Å². The molecule has 0 saturated heterocycles. The van der Waals surface area contributed by atoms with Crippen LogP contribution in [-0.4, -0.2) is 29.0 Å². The first kappa shape index (κ1) is 31.7. The average molecular weight is 648 g/mol. The van der Waals surface area contributed by atoms with Gasteiger partial charge in [-0.25, -0.2) is 4.98 Å². The fraction of sp³-hybridized carbons (Fsp3) is 0.333. The van der Waals surface area contributed by atoms with E-state index in [2.05, 4.69) is 63.5 Å². The third kappa shape index (κ3) is 8.28. The molecule has 6 nitrogen and oxygen atoms in total. The number of carboxylic acid groups (broad SMARTS) is 1. The number of nitrogens with one attached hydrogen (secondary N) is 1. The van der Waals surface area contributed by atoms with Gasteiger partial charge < -0.3 is 20.1 Å². The number of halogens is 3. The van der Waals surface area contributed by atoms with Gasteiger partial charge in [-0.05, 0) is 90.3 Å². The lowest BCUT2D eigenvalue weighted by Crippen LogP contribution is -2.18. The van der Waals surface area contributed by atoms with Crippen LogP contribution < -0.4 is 15.0 Å². The standard InChI is InChI=1S/C36H36F3N3O3S/c37-36(38,39)45-31-18-14-27(15-19-31)32-23-46-35(41-32)42(30-16-12-26(13-17-30)25-4-2-1-3-5-25)22-24-6-8-28(9-7-24)34(29-10-11-29)40-21-20-33(43)44/h6-9,12-19,23,25,40H,1-5,10-11,20-22H2,(H,43,44). The zero-order valence-electron chi connectivity index (χ0n) is 25.4. The summed E-state index contributed by atoms with van der Waals surface area (Å²) in [5, 5.41) is 15.1. The highest BCUT2D eigenvalue weighted by Gasteiger charge is 2.31. The van der Waals surface area contributed by atoms with E-state index < -0.39 is 12.3 Å². The predicted molar refractivity (Wildman–Crippen MR) is 175 cm³/mol. The molecule has 2 N–H and O–H groups in total. The number of thiazole rings is 1. The van der Waals surface area contributed by atoms with E-state index in [-0.39, 0.29) is 12.2 Å². The van der Waals surface area contributed by atoms with Crippen molar-refractivity contribution in [1.29, 1.82) is 0 Å². The van der Waals surface area contributed by atoms with Crippen LogP contribution in [0.5, 0.6) is 5.75 Å². The Balaban J connectivity index is 1.24. The second-order valence-corrected chi connectivity index (χ2v) is 12.7. The van der Waals surface area contributed by atoms with E-state index in [9.17, 15) is 18.0 Å². The third-order valence-corrected chi connectivity index (χ3v) is 9.33. The van der Waals surface area contributed by atoms with Crippen LogP contribution in [0.4, 0.5) is 24.0 Å². The topological polar surface area (TPSA) is 74.7 Å². The van der Waals surface area contributed by atoms with Crippen LogP contribution in [0, 0.1) is 0 Å². The maximum Gasteiger partial charge on any atom is 0.573 e. The lowest BCUT2D eigenvalue weighted by Gasteiger charge is -2.25. The molecule has 0 spiro atoms. The maximum absolute atomic E-state index is 12.6. The Morgan fingerprint density at radius 3 is 2.28 bits per heavy atom. The van der Waals surface area contributed by atoms with Gasteiger partial charge in [0.25, 0.3) is 0 Å². The van der Waals surface area contributed by atoms with Crippen molar-refractivity contribution in [1.82, 2.24) is 10.3 Å². The molecule has 2 fully saturated rings. The van der Waals surface area contributed by atoms with Crippen molar-refractivity contribution in [3.63, 3.8) is 0 Å². The first-order valence-electron chi connectivity index (χ1n) is 15.7. The summed E-state index contributed by atoms with van der Waals surface area (Å²) >= 11 is 1.48. The van der Waals surface area contributed by atoms with E-state index in [1.54, 1.807) is 12.1 Å². The molecule has 0 atom stereocenters. The minimum Gasteiger partial charge on any atom is -0.481 e. The Bertz CT molecular complexity index is 1650. The lowest BCUT2D eigenvalue weighted by atomic mass is 9.84. The fourth-order valence-corrected chi connectivity index (χ4v) is 6.83. The number of aliphatic carboxylic acids is 1. The second kappa shape index (κ2) is 14.0. The molecule has 4 aromatic rings. The molecule has 0 aliphatic heterocycles. The first-order valence-corrected chi connectivity index (χ1v) is 16.6. The number of alkyl halides is 3. The number of benzene rings is 3. The number of allylic oxidation sites excluding steroid dienone is 1. The van der Waals surface area contributed by atoms with Crippen molar-refractivity contribution in [3.05, 3.63) is 100 Å². The Hall–Kier alpha value is -4.31. The van der Waals surface area contributed by atoms with Crippen LogP contribution in [0.2, 0.25) is 0 Å². The van der Waals surface area contributed by atoms with Gasteiger partial charge in [0.1, 0.15) is 5.75 Å². The van der Waals surface area contributed by atoms with Gasteiger partial charge in [-0.3, -0.25) is 4.79 Å². The molecule has 2 aliphatic carbocycles. The van der Waals surface area contributed by atoms with Crippen LogP contribution >= 0.6 is 11.3 Å². The van der Waals surface area contributed by atoms with Crippen LogP contribution in [-0.2, 0) is 11.3 Å². The summed E-state index contributed by atoms with van der Waals surface area (Å²) in [6.45, 7) is 0.942. The van der Waals surface area contributed by atoms with Crippen molar-refractivity contribution < 1.29 is 27.8 Å². The molecule has 10 heteroatoms. The normalized spacial score (nSPS) is 15.0. The molecular weight excluding hydrogens is 611 g/mol. The van der Waals surface area contributed by atoms with Crippen molar-refractivity contribution in [2.45, 2.75) is 70.2 Å². The molecule has 2 saturated carbocycles. The maximum atomic E-state index is 12.6. The number of aromatic nitrogens is 1. The van der Waals surface area contributed by atoms with Crippen LogP contribution in [0.1, 0.15) is 74.0 Å². The van der Waals surface area contributed by atoms with Gasteiger partial charge in [-0.1, -0.05) is 55.7 Å². The van der Waals surface area contributed by atoms with E-state index in [0.29, 0.717) is 30.3 Å². The summed E-state index contributed by atoms with van der Waals surface area (Å²) in [6.07, 6.45) is 3.66. The van der Waals surface area contributed by atoms with E-state index in [0.717, 1.165) is 40.5 Å². The highest BCUT2D eigenvalue weighted by atomic mass is 32.1. The van der Waals surface area contributed by atoms with Gasteiger partial charge in [0.2, 0.25) is 0 Å². The minimum atomic E-state index is -4.74. The zero-order chi connectivity index (χ0) is 32.1. The van der Waals surface area contributed by atoms with Gasteiger partial charge in [-0.15, -0.1) is 24.5 Å². The molecule has 240 valence electrons. The summed E-state index contributed by atoms with van der Waals surface area (Å²) < 4.78 is 41.9. The zero-order valence-corrected chi connectivity index (χ0v) is 26.2. The summed E-state index contributed by atoms with van der Waals surface area (Å²) in [6, 6.07) is 22.9. The second-order valence-electron chi connectivity index (χ2n) is 11.8. The molecule has 46 heavy (non-hydrogen) atoms. The number of carbonyl (C=O) groups is 1. The average Bonchev–Trinajstić information content (AvgIpc) is 3.78. The van der Waals surface area contributed by atoms with Crippen molar-refractivity contribution in [2.75, 3.05) is 11.4 Å². The molecule has 6 rings (SSSR count). The number of nitrogens with zero attached hydrogens (tertiary/aromatic N) is 2. The quantitative estimate of drug-likeness (QED) is 0.160. The largest absolute Gasteiger partial charge is 0.573 e. The van der Waals surface area contributed by atoms with E-state index >= 15 is 0 Å². The third-order valence-electron chi connectivity index (χ3n) is 8.47. The van der Waals surface area contributed by atoms with Gasteiger partial charge in [0.05, 0.1) is 18.7 Å². The van der Waals surface area contributed by atoms with Crippen LogP contribution in [0.3, 0.4) is 0 Å². The lowest BCUT2D eigenvalue weighted by molar-refractivity contribution is -0.274. The van der Waals surface area contributed by atoms with Crippen LogP contribution in [0.25, 0.3) is 17.0 Å². The van der Waals surface area contributed by atoms with Gasteiger partial charge in [0.15, 0.2) is 5.13 Å². The number of carboxylic acids is 1. The smallest absolute Gasteiger partial charge is 0.481 e. The highest BCUT2D eigenvalue weighted by Crippen LogP contribution is 2.38. The Kier molecular flexibility index (Phi) is 9.63. The van der Waals surface area contributed by atoms with E-state index in [1.165, 1.54) is 66.7 Å². The van der Waals surface area contributed by atoms with Crippen molar-refractivity contribution in [3.8, 4) is 17.0 Å². The molecule has 0 unspecified atom stereocenters. The minimum absolute atomic E-state index is 0.0602. The number of hydrogen-bond acceptors (Lipinski definition) is 6.